The highest BCUT2D eigenvalue weighted by Gasteiger charge is 2.14. The Balaban J connectivity index is 1.45. The summed E-state index contributed by atoms with van der Waals surface area (Å²) < 4.78 is 11.5. The number of hydrogen-bond donors (Lipinski definition) is 1. The van der Waals surface area contributed by atoms with Crippen LogP contribution in [0.4, 0.5) is 5.69 Å². The average molecular weight is 418 g/mol. The Morgan fingerprint density at radius 1 is 0.968 bits per heavy atom. The molecule has 0 aliphatic rings. The van der Waals surface area contributed by atoms with E-state index in [4.69, 9.17) is 9.47 Å². The number of rotatable bonds is 9. The van der Waals surface area contributed by atoms with Crippen LogP contribution in [0.5, 0.6) is 11.5 Å². The highest BCUT2D eigenvalue weighted by Crippen LogP contribution is 2.19. The molecule has 0 unspecified atom stereocenters. The highest BCUT2D eigenvalue weighted by atomic mass is 16.5. The average Bonchev–Trinajstić information content (AvgIpc) is 2.79. The van der Waals surface area contributed by atoms with Gasteiger partial charge in [-0.05, 0) is 54.4 Å². The number of carbonyl (C=O) groups excluding carboxylic acids is 1. The number of anilines is 1. The molecule has 0 heterocycles. The van der Waals surface area contributed by atoms with Crippen molar-refractivity contribution < 1.29 is 14.3 Å². The van der Waals surface area contributed by atoms with E-state index in [1.165, 1.54) is 0 Å². The van der Waals surface area contributed by atoms with Crippen LogP contribution < -0.4 is 19.8 Å². The van der Waals surface area contributed by atoms with Gasteiger partial charge >= 0.3 is 0 Å². The summed E-state index contributed by atoms with van der Waals surface area (Å²) in [7, 11) is 3.96. The second kappa shape index (κ2) is 10.8. The van der Waals surface area contributed by atoms with Crippen LogP contribution in [-0.4, -0.2) is 32.3 Å². The molecule has 3 aromatic rings. The predicted octanol–water partition coefficient (Wildman–Crippen LogP) is 4.25. The summed E-state index contributed by atoms with van der Waals surface area (Å²) >= 11 is 0. The van der Waals surface area contributed by atoms with Crippen molar-refractivity contribution in [2.45, 2.75) is 19.6 Å². The number of hydrogen-bond acceptors (Lipinski definition) is 5. The lowest BCUT2D eigenvalue weighted by atomic mass is 10.2. The second-order valence-electron chi connectivity index (χ2n) is 7.23. The van der Waals surface area contributed by atoms with Crippen molar-refractivity contribution in [3.05, 3.63) is 90.0 Å². The first-order valence-corrected chi connectivity index (χ1v) is 10.0. The first-order chi connectivity index (χ1) is 15.0. The molecule has 0 saturated carbocycles. The third-order valence-electron chi connectivity index (χ3n) is 4.55. The summed E-state index contributed by atoms with van der Waals surface area (Å²) in [5, 5.41) is 4.01. The molecule has 1 amide bonds. The van der Waals surface area contributed by atoms with E-state index in [0.717, 1.165) is 22.6 Å². The molecule has 0 aromatic heterocycles. The molecule has 0 radical (unpaired) electrons. The summed E-state index contributed by atoms with van der Waals surface area (Å²) in [5.74, 6) is 0.988. The maximum absolute atomic E-state index is 12.2. The number of nitrogens with zero attached hydrogens (tertiary/aromatic N) is 2. The molecule has 160 valence electrons. The zero-order valence-electron chi connectivity index (χ0n) is 18.0. The van der Waals surface area contributed by atoms with E-state index in [2.05, 4.69) is 10.5 Å². The van der Waals surface area contributed by atoms with Crippen molar-refractivity contribution in [2.24, 2.45) is 5.10 Å². The van der Waals surface area contributed by atoms with Gasteiger partial charge in [0.15, 0.2) is 6.10 Å². The molecule has 1 N–H and O–H groups in total. The molecular formula is C25H27N3O3. The quantitative estimate of drug-likeness (QED) is 0.418. The molecule has 31 heavy (non-hydrogen) atoms. The van der Waals surface area contributed by atoms with E-state index >= 15 is 0 Å². The van der Waals surface area contributed by atoms with E-state index in [0.29, 0.717) is 12.4 Å². The van der Waals surface area contributed by atoms with Gasteiger partial charge in [-0.1, -0.05) is 42.5 Å². The Morgan fingerprint density at radius 2 is 1.61 bits per heavy atom. The van der Waals surface area contributed by atoms with Crippen molar-refractivity contribution in [3.63, 3.8) is 0 Å². The van der Waals surface area contributed by atoms with Gasteiger partial charge < -0.3 is 14.4 Å². The lowest BCUT2D eigenvalue weighted by molar-refractivity contribution is -0.127. The van der Waals surface area contributed by atoms with Crippen LogP contribution >= 0.6 is 0 Å². The molecule has 0 aliphatic heterocycles. The molecule has 3 rings (SSSR count). The molecule has 0 spiro atoms. The van der Waals surface area contributed by atoms with Crippen LogP contribution in [-0.2, 0) is 11.4 Å². The number of nitrogens with one attached hydrogen (secondary N) is 1. The lowest BCUT2D eigenvalue weighted by Crippen LogP contribution is -2.33. The number of benzene rings is 3. The van der Waals surface area contributed by atoms with Crippen molar-refractivity contribution >= 4 is 17.8 Å². The number of ether oxygens (including phenoxy) is 2. The van der Waals surface area contributed by atoms with Crippen LogP contribution in [0.2, 0.25) is 0 Å². The summed E-state index contributed by atoms with van der Waals surface area (Å²) in [4.78, 5) is 14.2. The lowest BCUT2D eigenvalue weighted by Gasteiger charge is -2.13. The molecule has 0 saturated heterocycles. The zero-order chi connectivity index (χ0) is 22.1. The second-order valence-corrected chi connectivity index (χ2v) is 7.23. The number of hydrazone groups is 1. The van der Waals surface area contributed by atoms with Gasteiger partial charge in [0.2, 0.25) is 0 Å². The maximum Gasteiger partial charge on any atom is 0.280 e. The van der Waals surface area contributed by atoms with Gasteiger partial charge in [-0.15, -0.1) is 0 Å². The Kier molecular flexibility index (Phi) is 7.65. The minimum Gasteiger partial charge on any atom is -0.489 e. The third kappa shape index (κ3) is 6.89. The molecule has 0 aliphatic carbocycles. The minimum atomic E-state index is -0.690. The highest BCUT2D eigenvalue weighted by molar-refractivity contribution is 5.84. The molecule has 0 fully saturated rings. The molecule has 6 nitrogen and oxygen atoms in total. The van der Waals surface area contributed by atoms with E-state index in [1.807, 2.05) is 85.7 Å². The van der Waals surface area contributed by atoms with Crippen molar-refractivity contribution in [1.29, 1.82) is 0 Å². The molecule has 6 heteroatoms. The van der Waals surface area contributed by atoms with Gasteiger partial charge in [0.25, 0.3) is 5.91 Å². The summed E-state index contributed by atoms with van der Waals surface area (Å²) in [6, 6.07) is 25.0. The topological polar surface area (TPSA) is 63.2 Å². The normalized spacial score (nSPS) is 11.7. The van der Waals surface area contributed by atoms with Crippen LogP contribution in [0.1, 0.15) is 18.1 Å². The van der Waals surface area contributed by atoms with Crippen molar-refractivity contribution in [2.75, 3.05) is 19.0 Å². The van der Waals surface area contributed by atoms with Crippen molar-refractivity contribution in [1.82, 2.24) is 5.43 Å². The standard InChI is InChI=1S/C25H27N3O3/c1-19(25(29)27-26-17-20-9-11-22(12-10-20)28(2)3)31-24-15-13-23(14-16-24)30-18-21-7-5-4-6-8-21/h4-17,19H,18H2,1-3H3,(H,27,29)/b26-17-/t19-/m1/s1. The van der Waals surface area contributed by atoms with Gasteiger partial charge in [-0.2, -0.15) is 5.10 Å². The van der Waals surface area contributed by atoms with E-state index < -0.39 is 6.10 Å². The van der Waals surface area contributed by atoms with Gasteiger partial charge in [0.05, 0.1) is 6.21 Å². The number of amides is 1. The molecule has 3 aromatic carbocycles. The largest absolute Gasteiger partial charge is 0.489 e. The maximum atomic E-state index is 12.2. The Labute approximate surface area is 183 Å². The van der Waals surface area contributed by atoms with Crippen LogP contribution in [0, 0.1) is 0 Å². The smallest absolute Gasteiger partial charge is 0.280 e. The first-order valence-electron chi connectivity index (χ1n) is 10.0. The third-order valence-corrected chi connectivity index (χ3v) is 4.55. The molecular weight excluding hydrogens is 390 g/mol. The van der Waals surface area contributed by atoms with Gasteiger partial charge in [-0.25, -0.2) is 5.43 Å². The Bertz CT molecular complexity index is 985. The van der Waals surface area contributed by atoms with E-state index in [-0.39, 0.29) is 5.91 Å². The minimum absolute atomic E-state index is 0.328. The van der Waals surface area contributed by atoms with E-state index in [1.54, 1.807) is 25.3 Å². The number of carbonyl (C=O) groups is 1. The summed E-state index contributed by atoms with van der Waals surface area (Å²) in [6.45, 7) is 2.17. The Morgan fingerprint density at radius 3 is 2.26 bits per heavy atom. The Hall–Kier alpha value is -3.80. The molecule has 1 atom stereocenters. The predicted molar refractivity (Wildman–Crippen MR) is 124 cm³/mol. The van der Waals surface area contributed by atoms with Gasteiger partial charge in [-0.3, -0.25) is 4.79 Å². The fraction of sp³-hybridized carbons (Fsp3) is 0.200. The monoisotopic (exact) mass is 417 g/mol. The fourth-order valence-corrected chi connectivity index (χ4v) is 2.73. The van der Waals surface area contributed by atoms with Crippen molar-refractivity contribution in [3.8, 4) is 11.5 Å². The first kappa shape index (κ1) is 21.9. The summed E-state index contributed by atoms with van der Waals surface area (Å²) in [6.07, 6.45) is 0.910. The molecule has 0 bridgehead atoms. The zero-order valence-corrected chi connectivity index (χ0v) is 18.0. The van der Waals surface area contributed by atoms with E-state index in [9.17, 15) is 4.79 Å². The van der Waals surface area contributed by atoms with Crippen LogP contribution in [0.25, 0.3) is 0 Å². The fourth-order valence-electron chi connectivity index (χ4n) is 2.73. The van der Waals surface area contributed by atoms with Crippen LogP contribution in [0.3, 0.4) is 0 Å². The SMILES string of the molecule is C[C@@H](Oc1ccc(OCc2ccccc2)cc1)C(=O)N/N=C\c1ccc(N(C)C)cc1. The van der Waals surface area contributed by atoms with Crippen LogP contribution in [0.15, 0.2) is 84.0 Å². The van der Waals surface area contributed by atoms with Gasteiger partial charge in [0, 0.05) is 19.8 Å². The summed E-state index contributed by atoms with van der Waals surface area (Å²) in [5.41, 5.74) is 5.60. The van der Waals surface area contributed by atoms with Gasteiger partial charge in [0.1, 0.15) is 18.1 Å².